The molecule has 2 atom stereocenters. The van der Waals surface area contributed by atoms with Crippen molar-refractivity contribution < 1.29 is 9.47 Å². The maximum Gasteiger partial charge on any atom is 0.158 e. The van der Waals surface area contributed by atoms with Gasteiger partial charge in [0, 0.05) is 13.0 Å². The summed E-state index contributed by atoms with van der Waals surface area (Å²) in [6.45, 7) is 7.64. The molecule has 0 N–H and O–H groups in total. The molecule has 90 valence electrons. The summed E-state index contributed by atoms with van der Waals surface area (Å²) in [5, 5.41) is 0. The van der Waals surface area contributed by atoms with Crippen molar-refractivity contribution in [2.24, 2.45) is 5.92 Å². The topological polar surface area (TPSA) is 18.5 Å². The maximum absolute atomic E-state index is 5.92. The van der Waals surface area contributed by atoms with Crippen LogP contribution in [0.4, 0.5) is 0 Å². The van der Waals surface area contributed by atoms with Crippen molar-refractivity contribution in [3.63, 3.8) is 0 Å². The molecule has 0 aromatic heterocycles. The molecular formula is C13H26O2. The number of ether oxygens (including phenoxy) is 2. The smallest absolute Gasteiger partial charge is 0.158 e. The molecule has 0 saturated carbocycles. The van der Waals surface area contributed by atoms with Crippen molar-refractivity contribution in [1.29, 1.82) is 0 Å². The lowest BCUT2D eigenvalue weighted by Crippen LogP contribution is -2.21. The molecule has 0 bridgehead atoms. The molecule has 15 heavy (non-hydrogen) atoms. The first-order chi connectivity index (χ1) is 7.22. The fourth-order valence-corrected chi connectivity index (χ4v) is 1.99. The zero-order valence-electron chi connectivity index (χ0n) is 10.5. The van der Waals surface area contributed by atoms with E-state index in [2.05, 4.69) is 20.8 Å². The third-order valence-electron chi connectivity index (χ3n) is 3.00. The molecule has 1 fully saturated rings. The largest absolute Gasteiger partial charge is 0.353 e. The van der Waals surface area contributed by atoms with Crippen molar-refractivity contribution in [2.75, 3.05) is 6.61 Å². The fraction of sp³-hybridized carbons (Fsp3) is 1.00. The van der Waals surface area contributed by atoms with Gasteiger partial charge in [-0.2, -0.15) is 0 Å². The van der Waals surface area contributed by atoms with E-state index in [0.717, 1.165) is 31.8 Å². The summed E-state index contributed by atoms with van der Waals surface area (Å²) in [6, 6.07) is 0. The van der Waals surface area contributed by atoms with Gasteiger partial charge in [-0.15, -0.1) is 0 Å². The second-order valence-electron chi connectivity index (χ2n) is 4.93. The molecule has 1 aliphatic rings. The first-order valence-electron chi connectivity index (χ1n) is 6.49. The Labute approximate surface area is 94.3 Å². The van der Waals surface area contributed by atoms with Crippen LogP contribution in [0.3, 0.4) is 0 Å². The summed E-state index contributed by atoms with van der Waals surface area (Å²) in [5.74, 6) is 0.810. The first-order valence-corrected chi connectivity index (χ1v) is 6.49. The van der Waals surface area contributed by atoms with Gasteiger partial charge >= 0.3 is 0 Å². The quantitative estimate of drug-likeness (QED) is 0.642. The third-order valence-corrected chi connectivity index (χ3v) is 3.00. The van der Waals surface area contributed by atoms with E-state index in [1.165, 1.54) is 19.3 Å². The maximum atomic E-state index is 5.92. The molecule has 0 amide bonds. The summed E-state index contributed by atoms with van der Waals surface area (Å²) in [5.41, 5.74) is 0. The van der Waals surface area contributed by atoms with Crippen LogP contribution in [-0.2, 0) is 9.47 Å². The highest BCUT2D eigenvalue weighted by molar-refractivity contribution is 4.62. The lowest BCUT2D eigenvalue weighted by molar-refractivity contribution is -0.146. The fourth-order valence-electron chi connectivity index (χ4n) is 1.99. The minimum atomic E-state index is 0.0917. The Bertz CT molecular complexity index is 151. The van der Waals surface area contributed by atoms with Crippen LogP contribution in [-0.4, -0.2) is 19.0 Å². The Morgan fingerprint density at radius 1 is 1.33 bits per heavy atom. The van der Waals surface area contributed by atoms with E-state index >= 15 is 0 Å². The van der Waals surface area contributed by atoms with E-state index in [-0.39, 0.29) is 6.29 Å². The molecular weight excluding hydrogens is 188 g/mol. The average Bonchev–Trinajstić information content (AvgIpc) is 2.68. The number of hydrogen-bond acceptors (Lipinski definition) is 2. The van der Waals surface area contributed by atoms with Crippen LogP contribution in [0.5, 0.6) is 0 Å². The Morgan fingerprint density at radius 2 is 2.13 bits per heavy atom. The highest BCUT2D eigenvalue weighted by atomic mass is 16.7. The SMILES string of the molecule is CCC(CCCC(C)C)OC1CCCO1. The predicted octanol–water partition coefficient (Wildman–Crippen LogP) is 3.74. The molecule has 0 aromatic carbocycles. The molecule has 1 saturated heterocycles. The van der Waals surface area contributed by atoms with E-state index < -0.39 is 0 Å². The van der Waals surface area contributed by atoms with Gasteiger partial charge in [0.15, 0.2) is 6.29 Å². The highest BCUT2D eigenvalue weighted by Gasteiger charge is 2.19. The molecule has 0 aromatic rings. The molecule has 2 heteroatoms. The van der Waals surface area contributed by atoms with Crippen LogP contribution in [0.25, 0.3) is 0 Å². The summed E-state index contributed by atoms with van der Waals surface area (Å²) in [4.78, 5) is 0. The van der Waals surface area contributed by atoms with E-state index in [1.807, 2.05) is 0 Å². The molecule has 2 nitrogen and oxygen atoms in total. The van der Waals surface area contributed by atoms with Crippen LogP contribution in [0.1, 0.15) is 59.3 Å². The minimum absolute atomic E-state index is 0.0917. The molecule has 0 radical (unpaired) electrons. The first kappa shape index (κ1) is 13.0. The van der Waals surface area contributed by atoms with Crippen molar-refractivity contribution in [2.45, 2.75) is 71.7 Å². The van der Waals surface area contributed by atoms with Gasteiger partial charge in [0.05, 0.1) is 6.10 Å². The number of rotatable bonds is 7. The Morgan fingerprint density at radius 3 is 2.67 bits per heavy atom. The zero-order chi connectivity index (χ0) is 11.1. The van der Waals surface area contributed by atoms with Crippen molar-refractivity contribution >= 4 is 0 Å². The van der Waals surface area contributed by atoms with Crippen LogP contribution in [0.2, 0.25) is 0 Å². The monoisotopic (exact) mass is 214 g/mol. The van der Waals surface area contributed by atoms with Crippen LogP contribution >= 0.6 is 0 Å². The highest BCUT2D eigenvalue weighted by Crippen LogP contribution is 2.19. The number of hydrogen-bond donors (Lipinski definition) is 0. The van der Waals surface area contributed by atoms with Crippen molar-refractivity contribution in [3.8, 4) is 0 Å². The van der Waals surface area contributed by atoms with Gasteiger partial charge in [-0.25, -0.2) is 0 Å². The molecule has 0 spiro atoms. The van der Waals surface area contributed by atoms with Crippen LogP contribution in [0, 0.1) is 5.92 Å². The summed E-state index contributed by atoms with van der Waals surface area (Å²) in [6.07, 6.45) is 7.63. The van der Waals surface area contributed by atoms with E-state index in [1.54, 1.807) is 0 Å². The standard InChI is InChI=1S/C13H26O2/c1-4-12(8-5-7-11(2)3)15-13-9-6-10-14-13/h11-13H,4-10H2,1-3H3. The molecule has 1 aliphatic heterocycles. The predicted molar refractivity (Wildman–Crippen MR) is 62.8 cm³/mol. The Balaban J connectivity index is 2.11. The molecule has 1 heterocycles. The van der Waals surface area contributed by atoms with Gasteiger partial charge < -0.3 is 9.47 Å². The molecule has 0 aliphatic carbocycles. The summed E-state index contributed by atoms with van der Waals surface area (Å²) in [7, 11) is 0. The van der Waals surface area contributed by atoms with Gasteiger partial charge in [0.2, 0.25) is 0 Å². The Hall–Kier alpha value is -0.0800. The zero-order valence-corrected chi connectivity index (χ0v) is 10.5. The lowest BCUT2D eigenvalue weighted by atomic mass is 10.0. The van der Waals surface area contributed by atoms with E-state index in [4.69, 9.17) is 9.47 Å². The van der Waals surface area contributed by atoms with Gasteiger partial charge in [-0.1, -0.05) is 33.6 Å². The molecule has 2 unspecified atom stereocenters. The average molecular weight is 214 g/mol. The van der Waals surface area contributed by atoms with Crippen molar-refractivity contribution in [1.82, 2.24) is 0 Å². The summed E-state index contributed by atoms with van der Waals surface area (Å²) >= 11 is 0. The van der Waals surface area contributed by atoms with E-state index in [9.17, 15) is 0 Å². The normalized spacial score (nSPS) is 23.6. The van der Waals surface area contributed by atoms with Crippen LogP contribution < -0.4 is 0 Å². The molecule has 1 rings (SSSR count). The van der Waals surface area contributed by atoms with Crippen molar-refractivity contribution in [3.05, 3.63) is 0 Å². The van der Waals surface area contributed by atoms with Gasteiger partial charge in [-0.05, 0) is 25.2 Å². The third kappa shape index (κ3) is 5.53. The second-order valence-corrected chi connectivity index (χ2v) is 4.93. The van der Waals surface area contributed by atoms with Gasteiger partial charge in [0.1, 0.15) is 0 Å². The van der Waals surface area contributed by atoms with Gasteiger partial charge in [0.25, 0.3) is 0 Å². The minimum Gasteiger partial charge on any atom is -0.353 e. The van der Waals surface area contributed by atoms with Crippen LogP contribution in [0.15, 0.2) is 0 Å². The van der Waals surface area contributed by atoms with E-state index in [0.29, 0.717) is 6.10 Å². The lowest BCUT2D eigenvalue weighted by Gasteiger charge is -2.20. The second kappa shape index (κ2) is 7.24. The van der Waals surface area contributed by atoms with Gasteiger partial charge in [-0.3, -0.25) is 0 Å². The Kier molecular flexibility index (Phi) is 6.26. The summed E-state index contributed by atoms with van der Waals surface area (Å²) < 4.78 is 11.4.